The maximum Gasteiger partial charge on any atom is 0.271 e. The molecule has 0 atom stereocenters. The molecule has 1 N–H and O–H groups in total. The van der Waals surface area contributed by atoms with Crippen LogP contribution in [0.25, 0.3) is 0 Å². The first kappa shape index (κ1) is 16.5. The summed E-state index contributed by atoms with van der Waals surface area (Å²) in [6.45, 7) is 1.89. The zero-order chi connectivity index (χ0) is 17.2. The zero-order valence-electron chi connectivity index (χ0n) is 13.4. The van der Waals surface area contributed by atoms with Crippen molar-refractivity contribution in [2.75, 3.05) is 16.7 Å². The molecule has 0 unspecified atom stereocenters. The first-order chi connectivity index (χ1) is 11.5. The highest BCUT2D eigenvalue weighted by atomic mass is 32.2. The number of benzene rings is 2. The molecule has 0 aliphatic carbocycles. The molecule has 1 heterocycles. The Hall–Kier alpha value is -2.31. The molecule has 1 aromatic heterocycles. The smallest absolute Gasteiger partial charge is 0.271 e. The summed E-state index contributed by atoms with van der Waals surface area (Å²) >= 11 is 1.26. The van der Waals surface area contributed by atoms with Gasteiger partial charge in [-0.2, -0.15) is 0 Å². The van der Waals surface area contributed by atoms with E-state index in [1.807, 2.05) is 67.4 Å². The van der Waals surface area contributed by atoms with Gasteiger partial charge in [0.25, 0.3) is 10.0 Å². The molecule has 24 heavy (non-hydrogen) atoms. The van der Waals surface area contributed by atoms with Crippen molar-refractivity contribution in [2.45, 2.75) is 11.1 Å². The molecule has 0 saturated heterocycles. The standard InChI is InChI=1S/C18H18N2O2S2/c1-14-12-13-18(23-14)24(21,22)19-16-10-6-7-11-17(16)20(2)15-8-4-3-5-9-15/h3-13,19H,1-2H3. The van der Waals surface area contributed by atoms with E-state index in [2.05, 4.69) is 4.72 Å². The molecule has 2 aromatic carbocycles. The number of hydrogen-bond donors (Lipinski definition) is 1. The predicted octanol–water partition coefficient (Wildman–Crippen LogP) is 4.63. The quantitative estimate of drug-likeness (QED) is 0.724. The molecule has 6 heteroatoms. The third-order valence-corrected chi connectivity index (χ3v) is 6.49. The molecule has 3 rings (SSSR count). The van der Waals surface area contributed by atoms with Crippen molar-refractivity contribution >= 4 is 38.4 Å². The van der Waals surface area contributed by atoms with Gasteiger partial charge in [-0.25, -0.2) is 8.42 Å². The monoisotopic (exact) mass is 358 g/mol. The van der Waals surface area contributed by atoms with Crippen LogP contribution in [-0.2, 0) is 10.0 Å². The van der Waals surface area contributed by atoms with Crippen LogP contribution < -0.4 is 9.62 Å². The van der Waals surface area contributed by atoms with Crippen molar-refractivity contribution in [2.24, 2.45) is 0 Å². The van der Waals surface area contributed by atoms with Crippen LogP contribution in [0.4, 0.5) is 17.1 Å². The topological polar surface area (TPSA) is 49.4 Å². The Morgan fingerprint density at radius 2 is 1.58 bits per heavy atom. The van der Waals surface area contributed by atoms with E-state index in [1.54, 1.807) is 18.2 Å². The summed E-state index contributed by atoms with van der Waals surface area (Å²) in [6, 6.07) is 20.6. The minimum atomic E-state index is -3.59. The molecular weight excluding hydrogens is 340 g/mol. The van der Waals surface area contributed by atoms with Crippen molar-refractivity contribution in [3.05, 3.63) is 71.6 Å². The van der Waals surface area contributed by atoms with E-state index in [-0.39, 0.29) is 0 Å². The van der Waals surface area contributed by atoms with Crippen LogP contribution in [-0.4, -0.2) is 15.5 Å². The number of sulfonamides is 1. The van der Waals surface area contributed by atoms with E-state index in [1.165, 1.54) is 11.3 Å². The lowest BCUT2D eigenvalue weighted by Gasteiger charge is -2.22. The second kappa shape index (κ2) is 6.67. The maximum absolute atomic E-state index is 12.6. The number of hydrogen-bond acceptors (Lipinski definition) is 4. The molecule has 0 aliphatic heterocycles. The number of rotatable bonds is 5. The van der Waals surface area contributed by atoms with E-state index < -0.39 is 10.0 Å². The van der Waals surface area contributed by atoms with Gasteiger partial charge in [-0.1, -0.05) is 30.3 Å². The molecule has 0 fully saturated rings. The molecule has 0 bridgehead atoms. The summed E-state index contributed by atoms with van der Waals surface area (Å²) in [7, 11) is -1.67. The largest absolute Gasteiger partial charge is 0.343 e. The van der Waals surface area contributed by atoms with Crippen LogP contribution >= 0.6 is 11.3 Å². The Bertz CT molecular complexity index is 934. The molecule has 0 radical (unpaired) electrons. The number of nitrogens with zero attached hydrogens (tertiary/aromatic N) is 1. The maximum atomic E-state index is 12.6. The highest BCUT2D eigenvalue weighted by Gasteiger charge is 2.19. The SMILES string of the molecule is Cc1ccc(S(=O)(=O)Nc2ccccc2N(C)c2ccccc2)s1. The molecule has 124 valence electrons. The summed E-state index contributed by atoms with van der Waals surface area (Å²) < 4.78 is 28.2. The highest BCUT2D eigenvalue weighted by molar-refractivity contribution is 7.94. The summed E-state index contributed by atoms with van der Waals surface area (Å²) in [5.41, 5.74) is 2.33. The van der Waals surface area contributed by atoms with Gasteiger partial charge in [0.1, 0.15) is 4.21 Å². The fourth-order valence-corrected chi connectivity index (χ4v) is 4.75. The van der Waals surface area contributed by atoms with Crippen LogP contribution in [0.1, 0.15) is 4.88 Å². The Labute approximate surface area is 146 Å². The molecule has 3 aromatic rings. The Morgan fingerprint density at radius 1 is 0.917 bits per heavy atom. The fraction of sp³-hybridized carbons (Fsp3) is 0.111. The minimum absolute atomic E-state index is 0.317. The Morgan fingerprint density at radius 3 is 2.25 bits per heavy atom. The van der Waals surface area contributed by atoms with Crippen molar-refractivity contribution in [1.82, 2.24) is 0 Å². The summed E-state index contributed by atoms with van der Waals surface area (Å²) in [5.74, 6) is 0. The number of nitrogens with one attached hydrogen (secondary N) is 1. The number of anilines is 3. The lowest BCUT2D eigenvalue weighted by Crippen LogP contribution is -2.16. The minimum Gasteiger partial charge on any atom is -0.343 e. The number of aryl methyl sites for hydroxylation is 1. The van der Waals surface area contributed by atoms with Crippen LogP contribution in [0, 0.1) is 6.92 Å². The van der Waals surface area contributed by atoms with E-state index >= 15 is 0 Å². The lowest BCUT2D eigenvalue weighted by molar-refractivity contribution is 0.603. The molecular formula is C18H18N2O2S2. The number of para-hydroxylation sites is 3. The fourth-order valence-electron chi connectivity index (χ4n) is 2.39. The van der Waals surface area contributed by atoms with Gasteiger partial charge in [0.05, 0.1) is 11.4 Å². The molecule has 0 spiro atoms. The van der Waals surface area contributed by atoms with Gasteiger partial charge in [-0.15, -0.1) is 11.3 Å². The average Bonchev–Trinajstić information content (AvgIpc) is 3.03. The molecule has 0 saturated carbocycles. The Kier molecular flexibility index (Phi) is 4.59. The van der Waals surface area contributed by atoms with E-state index in [4.69, 9.17) is 0 Å². The molecule has 4 nitrogen and oxygen atoms in total. The van der Waals surface area contributed by atoms with Crippen LogP contribution in [0.2, 0.25) is 0 Å². The van der Waals surface area contributed by atoms with Crippen LogP contribution in [0.5, 0.6) is 0 Å². The van der Waals surface area contributed by atoms with E-state index in [9.17, 15) is 8.42 Å². The first-order valence-electron chi connectivity index (χ1n) is 7.44. The van der Waals surface area contributed by atoms with Gasteiger partial charge >= 0.3 is 0 Å². The van der Waals surface area contributed by atoms with Crippen LogP contribution in [0.3, 0.4) is 0 Å². The van der Waals surface area contributed by atoms with Crippen molar-refractivity contribution in [3.63, 3.8) is 0 Å². The third kappa shape index (κ3) is 3.44. The van der Waals surface area contributed by atoms with Gasteiger partial charge in [0, 0.05) is 17.6 Å². The van der Waals surface area contributed by atoms with Crippen LogP contribution in [0.15, 0.2) is 70.9 Å². The van der Waals surface area contributed by atoms with E-state index in [0.717, 1.165) is 16.3 Å². The number of thiophene rings is 1. The lowest BCUT2D eigenvalue weighted by atomic mass is 10.2. The average molecular weight is 358 g/mol. The van der Waals surface area contributed by atoms with Gasteiger partial charge in [0.2, 0.25) is 0 Å². The van der Waals surface area contributed by atoms with Crippen molar-refractivity contribution < 1.29 is 8.42 Å². The normalized spacial score (nSPS) is 11.2. The second-order valence-electron chi connectivity index (χ2n) is 5.38. The first-order valence-corrected chi connectivity index (χ1v) is 9.74. The Balaban J connectivity index is 1.95. The van der Waals surface area contributed by atoms with Gasteiger partial charge in [0.15, 0.2) is 0 Å². The van der Waals surface area contributed by atoms with E-state index in [0.29, 0.717) is 9.90 Å². The van der Waals surface area contributed by atoms with Gasteiger partial charge in [-0.3, -0.25) is 4.72 Å². The summed E-state index contributed by atoms with van der Waals surface area (Å²) in [6.07, 6.45) is 0. The molecule has 0 amide bonds. The zero-order valence-corrected chi connectivity index (χ0v) is 15.1. The summed E-state index contributed by atoms with van der Waals surface area (Å²) in [4.78, 5) is 2.92. The highest BCUT2D eigenvalue weighted by Crippen LogP contribution is 2.32. The van der Waals surface area contributed by atoms with Gasteiger partial charge < -0.3 is 4.90 Å². The second-order valence-corrected chi connectivity index (χ2v) is 8.58. The van der Waals surface area contributed by atoms with Crippen molar-refractivity contribution in [3.8, 4) is 0 Å². The molecule has 0 aliphatic rings. The third-order valence-electron chi connectivity index (χ3n) is 3.63. The van der Waals surface area contributed by atoms with Crippen molar-refractivity contribution in [1.29, 1.82) is 0 Å². The van der Waals surface area contributed by atoms with Gasteiger partial charge in [-0.05, 0) is 43.3 Å². The summed E-state index contributed by atoms with van der Waals surface area (Å²) in [5, 5.41) is 0. The predicted molar refractivity (Wildman–Crippen MR) is 101 cm³/mol.